The number of carbonyl (C=O) groups excluding carboxylic acids is 1. The third kappa shape index (κ3) is 3.85. The van der Waals surface area contributed by atoms with Gasteiger partial charge in [0.15, 0.2) is 0 Å². The number of carbonyl (C=O) groups is 1. The highest BCUT2D eigenvalue weighted by Crippen LogP contribution is 2.33. The smallest absolute Gasteiger partial charge is 0.242 e. The average Bonchev–Trinajstić information content (AvgIpc) is 2.96. The van der Waals surface area contributed by atoms with Gasteiger partial charge in [-0.05, 0) is 31.2 Å². The molecule has 1 aromatic carbocycles. The summed E-state index contributed by atoms with van der Waals surface area (Å²) in [5.74, 6) is -0.412. The number of aryl methyl sites for hydroxylation is 2. The van der Waals surface area contributed by atoms with E-state index in [2.05, 4.69) is 14.8 Å². The molecular weight excluding hydrogens is 368 g/mol. The molecule has 1 aromatic heterocycles. The van der Waals surface area contributed by atoms with E-state index >= 15 is 0 Å². The minimum Gasteiger partial charge on any atom is -0.325 e. The number of amides is 1. The number of nitrogens with one attached hydrogen (secondary N) is 1. The van der Waals surface area contributed by atoms with E-state index in [1.165, 1.54) is 7.05 Å². The molecule has 142 valence electrons. The maximum Gasteiger partial charge on any atom is 0.242 e. The number of hydrogen-bond donors (Lipinski definition) is 2. The van der Waals surface area contributed by atoms with Crippen molar-refractivity contribution in [1.82, 2.24) is 14.1 Å². The second-order valence-corrected chi connectivity index (χ2v) is 8.13. The summed E-state index contributed by atoms with van der Waals surface area (Å²) in [7, 11) is -0.531. The van der Waals surface area contributed by atoms with E-state index < -0.39 is 28.2 Å². The third-order valence-corrected chi connectivity index (χ3v) is 6.05. The molecule has 3 atom stereocenters. The highest BCUT2D eigenvalue weighted by molar-refractivity contribution is 7.85. The molecule has 2 N–H and O–H groups in total. The fourth-order valence-electron chi connectivity index (χ4n) is 3.06. The number of hydrogen-bond acceptors (Lipinski definition) is 5. The van der Waals surface area contributed by atoms with Gasteiger partial charge in [0.25, 0.3) is 0 Å². The Labute approximate surface area is 157 Å². The van der Waals surface area contributed by atoms with E-state index in [1.54, 1.807) is 49.1 Å². The Morgan fingerprint density at radius 3 is 2.59 bits per heavy atom. The fourth-order valence-corrected chi connectivity index (χ4v) is 4.26. The molecule has 3 rings (SSSR count). The molecule has 0 spiro atoms. The van der Waals surface area contributed by atoms with Crippen molar-refractivity contribution in [2.75, 3.05) is 12.4 Å². The van der Waals surface area contributed by atoms with E-state index in [1.807, 2.05) is 6.07 Å². The lowest BCUT2D eigenvalue weighted by molar-refractivity contribution is -0.120. The average molecular weight is 388 g/mol. The quantitative estimate of drug-likeness (QED) is 0.830. The van der Waals surface area contributed by atoms with Crippen LogP contribution in [0.2, 0.25) is 0 Å². The van der Waals surface area contributed by atoms with Gasteiger partial charge in [0.1, 0.15) is 6.04 Å². The summed E-state index contributed by atoms with van der Waals surface area (Å²) >= 11 is 0. The van der Waals surface area contributed by atoms with Crippen LogP contribution in [0.15, 0.2) is 34.8 Å². The summed E-state index contributed by atoms with van der Waals surface area (Å²) in [5, 5.41) is 15.8. The van der Waals surface area contributed by atoms with Crippen molar-refractivity contribution in [3.05, 3.63) is 47.3 Å². The van der Waals surface area contributed by atoms with Crippen LogP contribution < -0.4 is 5.32 Å². The van der Waals surface area contributed by atoms with Gasteiger partial charge >= 0.3 is 0 Å². The molecule has 1 unspecified atom stereocenters. The fraction of sp³-hybridized carbons (Fsp3) is 0.353. The van der Waals surface area contributed by atoms with Crippen molar-refractivity contribution in [1.29, 1.82) is 5.26 Å². The first kappa shape index (κ1) is 19.0. The van der Waals surface area contributed by atoms with Crippen LogP contribution >= 0.6 is 0 Å². The summed E-state index contributed by atoms with van der Waals surface area (Å²) in [5.41, 5.74) is 2.42. The van der Waals surface area contributed by atoms with Crippen LogP contribution in [0.3, 0.4) is 0 Å². The standard InChI is InChI=1S/C17H20N6O3S/c1-11-14(10-22(2)20-11)15-8-16(23(3)27(25,26)21-15)17(24)19-13-6-4-12(9-18)5-7-13/h4-7,10,15-16H,8H2,1-3H3,(H,19,24)(H,21,25,26)/t15-,16-/m0/s1. The Balaban J connectivity index is 1.87. The lowest BCUT2D eigenvalue weighted by atomic mass is 10.00. The van der Waals surface area contributed by atoms with Gasteiger partial charge in [-0.3, -0.25) is 14.0 Å². The van der Waals surface area contributed by atoms with E-state index in [-0.39, 0.29) is 6.42 Å². The van der Waals surface area contributed by atoms with Crippen LogP contribution in [0.25, 0.3) is 0 Å². The Bertz CT molecular complexity index is 1030. The molecule has 0 aliphatic carbocycles. The zero-order chi connectivity index (χ0) is 19.8. The monoisotopic (exact) mass is 388 g/mol. The summed E-state index contributed by atoms with van der Waals surface area (Å²) < 4.78 is 29.6. The summed E-state index contributed by atoms with van der Waals surface area (Å²) in [6.45, 7) is 1.80. The number of benzene rings is 1. The molecule has 2 aromatic rings. The van der Waals surface area contributed by atoms with Crippen LogP contribution in [0, 0.1) is 18.3 Å². The van der Waals surface area contributed by atoms with Gasteiger partial charge in [-0.1, -0.05) is 0 Å². The summed E-state index contributed by atoms with van der Waals surface area (Å²) in [6.07, 6.45) is 2.00. The zero-order valence-electron chi connectivity index (χ0n) is 15.2. The molecule has 0 bridgehead atoms. The van der Waals surface area contributed by atoms with Crippen LogP contribution in [0.5, 0.6) is 0 Å². The van der Waals surface area contributed by atoms with Crippen molar-refractivity contribution in [2.24, 2.45) is 11.4 Å². The first-order valence-electron chi connectivity index (χ1n) is 8.24. The van der Waals surface area contributed by atoms with E-state index in [9.17, 15) is 13.6 Å². The molecule has 1 aliphatic heterocycles. The molecule has 0 saturated heterocycles. The van der Waals surface area contributed by atoms with Gasteiger partial charge in [0, 0.05) is 38.0 Å². The maximum atomic E-state index is 12.8. The van der Waals surface area contributed by atoms with Crippen molar-refractivity contribution in [2.45, 2.75) is 25.4 Å². The first-order chi connectivity index (χ1) is 12.7. The Kier molecular flexibility index (Phi) is 5.01. The second-order valence-electron chi connectivity index (χ2n) is 6.41. The molecule has 0 saturated carbocycles. The first-order valence-corrected chi connectivity index (χ1v) is 9.67. The molecule has 1 aliphatic rings. The SMILES string of the molecule is Cc1nn(C)cc1[C@@H]1C[C@@H](C(=O)Nc2ccc(C#N)cc2)N(C)S(=O)(O)=N1. The number of aromatic nitrogens is 2. The molecule has 2 heterocycles. The highest BCUT2D eigenvalue weighted by atomic mass is 32.2. The maximum absolute atomic E-state index is 12.8. The molecule has 27 heavy (non-hydrogen) atoms. The Hall–Kier alpha value is -2.74. The molecule has 9 nitrogen and oxygen atoms in total. The van der Waals surface area contributed by atoms with Gasteiger partial charge in [-0.15, -0.1) is 0 Å². The lowest BCUT2D eigenvalue weighted by Crippen LogP contribution is -2.48. The minimum absolute atomic E-state index is 0.253. The number of anilines is 1. The number of likely N-dealkylation sites (N-methyl/N-ethyl adjacent to an activating group) is 1. The van der Waals surface area contributed by atoms with Gasteiger partial charge in [0.05, 0.1) is 23.4 Å². The topological polar surface area (TPSA) is 124 Å². The molecular formula is C17H20N6O3S. The number of nitrogens with zero attached hydrogens (tertiary/aromatic N) is 5. The van der Waals surface area contributed by atoms with Crippen molar-refractivity contribution >= 4 is 21.8 Å². The molecule has 0 fully saturated rings. The Morgan fingerprint density at radius 1 is 1.37 bits per heavy atom. The largest absolute Gasteiger partial charge is 0.325 e. The molecule has 0 radical (unpaired) electrons. The minimum atomic E-state index is -3.70. The van der Waals surface area contributed by atoms with Crippen LogP contribution in [-0.4, -0.2) is 41.8 Å². The van der Waals surface area contributed by atoms with E-state index in [4.69, 9.17) is 5.26 Å². The molecule has 10 heteroatoms. The zero-order valence-corrected chi connectivity index (χ0v) is 16.0. The van der Waals surface area contributed by atoms with Gasteiger partial charge in [-0.2, -0.15) is 19.0 Å². The lowest BCUT2D eigenvalue weighted by Gasteiger charge is -2.33. The predicted octanol–water partition coefficient (Wildman–Crippen LogP) is 1.84. The Morgan fingerprint density at radius 2 is 2.04 bits per heavy atom. The highest BCUT2D eigenvalue weighted by Gasteiger charge is 2.38. The van der Waals surface area contributed by atoms with Crippen LogP contribution in [-0.2, 0) is 22.0 Å². The van der Waals surface area contributed by atoms with Crippen molar-refractivity contribution in [3.63, 3.8) is 0 Å². The van der Waals surface area contributed by atoms with Crippen LogP contribution in [0.1, 0.15) is 29.3 Å². The third-order valence-electron chi connectivity index (χ3n) is 4.52. The second kappa shape index (κ2) is 7.11. The van der Waals surface area contributed by atoms with Crippen molar-refractivity contribution in [3.8, 4) is 6.07 Å². The van der Waals surface area contributed by atoms with Gasteiger partial charge in [-0.25, -0.2) is 4.21 Å². The van der Waals surface area contributed by atoms with E-state index in [0.717, 1.165) is 9.87 Å². The summed E-state index contributed by atoms with van der Waals surface area (Å²) in [6, 6.07) is 6.96. The van der Waals surface area contributed by atoms with Crippen molar-refractivity contribution < 1.29 is 13.6 Å². The number of rotatable bonds is 3. The normalized spacial score (nSPS) is 25.4. The summed E-state index contributed by atoms with van der Waals surface area (Å²) in [4.78, 5) is 12.8. The van der Waals surface area contributed by atoms with Crippen LogP contribution in [0.4, 0.5) is 5.69 Å². The number of nitriles is 1. The van der Waals surface area contributed by atoms with E-state index in [0.29, 0.717) is 16.9 Å². The van der Waals surface area contributed by atoms with Gasteiger partial charge in [0.2, 0.25) is 16.1 Å². The molecule has 1 amide bonds. The predicted molar refractivity (Wildman–Crippen MR) is 99.8 cm³/mol. The van der Waals surface area contributed by atoms with Gasteiger partial charge < -0.3 is 5.32 Å².